The quantitative estimate of drug-likeness (QED) is 0.0232. The number of esters is 1. The molecule has 16 atom stereocenters. The maximum absolute atomic E-state index is 14.0. The summed E-state index contributed by atoms with van der Waals surface area (Å²) in [5.41, 5.74) is 4.68. The first-order valence-corrected chi connectivity index (χ1v) is 46.2. The molecule has 7 unspecified atom stereocenters. The van der Waals surface area contributed by atoms with Gasteiger partial charge in [0.25, 0.3) is 0 Å². The summed E-state index contributed by atoms with van der Waals surface area (Å²) in [6.07, 6.45) is 7.78. The summed E-state index contributed by atoms with van der Waals surface area (Å²) in [6, 6.07) is 11.5. The Morgan fingerprint density at radius 3 is 1.50 bits per heavy atom. The summed E-state index contributed by atoms with van der Waals surface area (Å²) < 4.78 is 17.6. The van der Waals surface area contributed by atoms with Gasteiger partial charge in [0.05, 0.1) is 58.6 Å². The fourth-order valence-corrected chi connectivity index (χ4v) is 17.2. The SMILES string of the molecule is C/C(=C\c1csc(C)n1)C1C[C@@H]2O[C@]2(C)CCCC(C)(C)[C@H](C)[C@H](O)[C@@H](C)C(C)(C)C(=O)C(C)(C)[C@@H](O)CC(=O)N1.CC(C(O)[C@@H](C)C(C)(C)C)C(C)(C)C.CC(C(OC(=O)CCCSSc1ccccn1)[C@@H](C)C(C)(C)C)C(C)(C)C.CC(C(OC(=O)Cl)[C@@H](C)C(C)(C)C)C(C)(C)C.NCCSSc1ccccn1. The average Bonchev–Trinajstić information content (AvgIpc) is 1.52. The number of aliphatic hydroxyl groups excluding tert-OH is 3. The molecule has 5 heterocycles. The maximum Gasteiger partial charge on any atom is 0.404 e. The lowest BCUT2D eigenvalue weighted by Crippen LogP contribution is -2.52. The zero-order valence-corrected chi connectivity index (χ0v) is 79.9. The van der Waals surface area contributed by atoms with Crippen LogP contribution in [0.25, 0.3) is 6.08 Å². The number of Topliss-reactive ketones (excluding diaryl/α,β-unsaturated/α-hetero) is 1. The van der Waals surface area contributed by atoms with Crippen LogP contribution in [-0.2, 0) is 28.6 Å². The number of fused-ring (bicyclic) bond motifs is 1. The lowest BCUT2D eigenvalue weighted by atomic mass is 9.60. The predicted molar refractivity (Wildman–Crippen MR) is 473 cm³/mol. The Morgan fingerprint density at radius 1 is 0.673 bits per heavy atom. The highest BCUT2D eigenvalue weighted by Gasteiger charge is 2.54. The number of pyridine rings is 2. The van der Waals surface area contributed by atoms with Gasteiger partial charge in [-0.15, -0.1) is 11.3 Å². The maximum atomic E-state index is 14.0. The van der Waals surface area contributed by atoms with Gasteiger partial charge in [0.15, 0.2) is 0 Å². The van der Waals surface area contributed by atoms with Gasteiger partial charge in [-0.1, -0.05) is 255 Å². The standard InChI is InChI=1S/C33H54N2O5S.C22H37NO2S2.C14H27ClO2.C13H28O.C7H10N2S2/c1-19(15-23-18-41-22(4)34-23)24-16-26-33(11,40-26)14-12-13-30(5,6)20(2)28(38)21(3)31(7,8)29(39)32(9,10)25(36)17-27(37)35-24;1-16(21(3,4)5)20(17(2)22(6,7)8)25-19(24)13-11-15-26-27-18-12-9-10-14-23-18;1-9(13(3,4)5)11(17-12(15)16)10(2)14(6,7)8;1-9(12(3,4)5)11(14)10(2)13(6,7)8;8-4-6-10-11-7-3-1-2-5-9-7/h15,18,20-21,24-26,28,36,38H,12-14,16-17H2,1-11H3,(H,35,37);9-10,12,14,16-17,20H,11,13,15H2,1-8H3;9-11H,1-8H3;9-11,14H,1-8H3;1-3,5H,4,6,8H2/b19-15+;;;;/t20-,21-,24?,25+,26+,28+,33-;16-,17?,20?;2*9-,10?,11?;/m1111./s1. The number of hydrogen-bond donors (Lipinski definition) is 5. The Kier molecular flexibility index (Phi) is 43.3. The second-order valence-corrected chi connectivity index (χ2v) is 46.3. The first-order chi connectivity index (χ1) is 49.9. The molecule has 5 rings (SSSR count). The van der Waals surface area contributed by atoms with E-state index in [0.717, 1.165) is 70.1 Å². The van der Waals surface area contributed by atoms with Crippen LogP contribution < -0.4 is 11.1 Å². The zero-order chi connectivity index (χ0) is 85.5. The number of nitrogens with one attached hydrogen (secondary N) is 1. The van der Waals surface area contributed by atoms with Crippen molar-refractivity contribution < 1.29 is 48.7 Å². The molecule has 0 radical (unpaired) electrons. The van der Waals surface area contributed by atoms with Crippen molar-refractivity contribution in [3.05, 3.63) is 70.4 Å². The van der Waals surface area contributed by atoms with E-state index in [4.69, 9.17) is 31.5 Å². The van der Waals surface area contributed by atoms with E-state index >= 15 is 0 Å². The van der Waals surface area contributed by atoms with Crippen LogP contribution in [0.15, 0.2) is 69.8 Å². The van der Waals surface area contributed by atoms with Crippen molar-refractivity contribution in [3.8, 4) is 0 Å². The number of nitrogens with two attached hydrogens (primary N) is 1. The summed E-state index contributed by atoms with van der Waals surface area (Å²) in [4.78, 5) is 63.8. The van der Waals surface area contributed by atoms with E-state index in [1.54, 1.807) is 80.8 Å². The van der Waals surface area contributed by atoms with Crippen molar-refractivity contribution in [2.24, 2.45) is 102 Å². The van der Waals surface area contributed by atoms with Crippen LogP contribution in [-0.4, -0.2) is 120 Å². The van der Waals surface area contributed by atoms with Gasteiger partial charge >= 0.3 is 11.4 Å². The molecule has 6 N–H and O–H groups in total. The molecule has 634 valence electrons. The third-order valence-corrected chi connectivity index (χ3v) is 30.2. The first kappa shape index (κ1) is 105. The molecule has 0 aliphatic carbocycles. The molecular weight excluding hydrogens is 1490 g/mol. The smallest absolute Gasteiger partial charge is 0.404 e. The van der Waals surface area contributed by atoms with Crippen molar-refractivity contribution in [3.63, 3.8) is 0 Å². The number of aliphatic hydroxyl groups is 3. The average molecular weight is 1650 g/mol. The molecule has 0 aromatic carbocycles. The summed E-state index contributed by atoms with van der Waals surface area (Å²) in [5, 5.41) is 41.2. The number of halogens is 1. The summed E-state index contributed by atoms with van der Waals surface area (Å²) in [6.45, 7) is 74.7. The highest BCUT2D eigenvalue weighted by molar-refractivity contribution is 8.77. The third-order valence-electron chi connectivity index (χ3n) is 24.7. The van der Waals surface area contributed by atoms with E-state index in [1.807, 2.05) is 82.5 Å². The van der Waals surface area contributed by atoms with Crippen molar-refractivity contribution in [1.29, 1.82) is 0 Å². The van der Waals surface area contributed by atoms with Crippen LogP contribution in [0.2, 0.25) is 0 Å². The monoisotopic (exact) mass is 1650 g/mol. The van der Waals surface area contributed by atoms with Gasteiger partial charge in [0.2, 0.25) is 5.91 Å². The number of rotatable bonds is 20. The highest BCUT2D eigenvalue weighted by Crippen LogP contribution is 2.49. The van der Waals surface area contributed by atoms with E-state index in [1.165, 1.54) is 0 Å². The van der Waals surface area contributed by atoms with E-state index in [-0.39, 0.29) is 122 Å². The molecule has 0 bridgehead atoms. The van der Waals surface area contributed by atoms with Gasteiger partial charge in [-0.2, -0.15) is 0 Å². The molecule has 2 aliphatic rings. The molecule has 21 heteroatoms. The van der Waals surface area contributed by atoms with Crippen LogP contribution in [0.4, 0.5) is 4.79 Å². The summed E-state index contributed by atoms with van der Waals surface area (Å²) >= 11 is 6.98. The molecule has 2 aliphatic heterocycles. The lowest BCUT2D eigenvalue weighted by molar-refractivity contribution is -0.160. The van der Waals surface area contributed by atoms with Crippen molar-refractivity contribution in [1.82, 2.24) is 20.3 Å². The Labute approximate surface area is 695 Å². The van der Waals surface area contributed by atoms with Crippen LogP contribution in [0.3, 0.4) is 0 Å². The number of carbonyl (C=O) groups excluding carboxylic acids is 4. The Hall–Kier alpha value is -2.76. The van der Waals surface area contributed by atoms with Gasteiger partial charge in [0, 0.05) is 65.7 Å². The Balaban J connectivity index is 0.000000752. The van der Waals surface area contributed by atoms with Gasteiger partial charge in [-0.25, -0.2) is 19.7 Å². The second kappa shape index (κ2) is 45.3. The fraction of sp³-hybridized carbons (Fsp3) is 0.787. The molecule has 110 heavy (non-hydrogen) atoms. The largest absolute Gasteiger partial charge is 0.462 e. The van der Waals surface area contributed by atoms with Crippen LogP contribution >= 0.6 is 66.1 Å². The third kappa shape index (κ3) is 36.0. The number of nitrogens with zero attached hydrogens (tertiary/aromatic N) is 3. The number of ketones is 1. The van der Waals surface area contributed by atoms with Crippen molar-refractivity contribution in [2.45, 2.75) is 346 Å². The number of carbonyl (C=O) groups is 4. The molecule has 1 amide bonds. The highest BCUT2D eigenvalue weighted by atomic mass is 35.5. The van der Waals surface area contributed by atoms with Crippen LogP contribution in [0, 0.1) is 103 Å². The zero-order valence-electron chi connectivity index (χ0n) is 75.0. The van der Waals surface area contributed by atoms with E-state index in [2.05, 4.69) is 214 Å². The lowest BCUT2D eigenvalue weighted by Gasteiger charge is -2.45. The molecule has 3 aromatic rings. The van der Waals surface area contributed by atoms with Crippen molar-refractivity contribution >= 4 is 95.3 Å². The van der Waals surface area contributed by atoms with E-state index in [9.17, 15) is 34.5 Å². The molecule has 15 nitrogen and oxygen atoms in total. The van der Waals surface area contributed by atoms with Gasteiger partial charge in [-0.05, 0) is 189 Å². The van der Waals surface area contributed by atoms with Crippen molar-refractivity contribution in [2.75, 3.05) is 18.1 Å². The number of aromatic nitrogens is 3. The minimum atomic E-state index is -1.18. The fourth-order valence-electron chi connectivity index (χ4n) is 12.8. The number of aryl methyl sites for hydroxylation is 1. The van der Waals surface area contributed by atoms with Gasteiger partial charge in [0.1, 0.15) is 28.0 Å². The summed E-state index contributed by atoms with van der Waals surface area (Å²) in [7, 11) is 6.80. The summed E-state index contributed by atoms with van der Waals surface area (Å²) in [5.74, 6) is 2.71. The van der Waals surface area contributed by atoms with Crippen LogP contribution in [0.1, 0.15) is 291 Å². The number of amides is 1. The minimum Gasteiger partial charge on any atom is -0.462 e. The van der Waals surface area contributed by atoms with Gasteiger partial charge < -0.3 is 40.6 Å². The normalized spacial score (nSPS) is 24.1. The van der Waals surface area contributed by atoms with E-state index < -0.39 is 28.5 Å². The van der Waals surface area contributed by atoms with Crippen LogP contribution in [0.5, 0.6) is 0 Å². The number of hydrogen-bond acceptors (Lipinski definition) is 19. The number of epoxide rings is 1. The topological polar surface area (TPSA) is 237 Å². The molecule has 3 aromatic heterocycles. The molecule has 0 saturated carbocycles. The van der Waals surface area contributed by atoms with E-state index in [0.29, 0.717) is 36.5 Å². The molecule has 2 fully saturated rings. The molecule has 0 spiro atoms. The first-order valence-electron chi connectivity index (χ1n) is 40.3. The second-order valence-electron chi connectivity index (χ2n) is 40.1. The predicted octanol–water partition coefficient (Wildman–Crippen LogP) is 23.6. The molecule has 2 saturated heterocycles. The van der Waals surface area contributed by atoms with Gasteiger partial charge in [-0.3, -0.25) is 14.4 Å². The molecular formula is C89H156ClN5O10S5. The number of thiazole rings is 1. The number of ether oxygens (including phenoxy) is 3. The minimum absolute atomic E-state index is 0.00194. The Morgan fingerprint density at radius 2 is 1.11 bits per heavy atom. The Bertz CT molecular complexity index is 3160.